The summed E-state index contributed by atoms with van der Waals surface area (Å²) >= 11 is 9.26. The van der Waals surface area contributed by atoms with E-state index in [0.29, 0.717) is 5.15 Å². The lowest BCUT2D eigenvalue weighted by Crippen LogP contribution is -2.00. The Morgan fingerprint density at radius 2 is 2.00 bits per heavy atom. The molecule has 0 bridgehead atoms. The van der Waals surface area contributed by atoms with Crippen molar-refractivity contribution in [3.8, 4) is 0 Å². The highest BCUT2D eigenvalue weighted by Crippen LogP contribution is 2.19. The lowest BCUT2D eigenvalue weighted by molar-refractivity contribution is 0.924. The average Bonchev–Trinajstić information content (AvgIpc) is 2.06. The van der Waals surface area contributed by atoms with Gasteiger partial charge in [-0.25, -0.2) is 0 Å². The van der Waals surface area contributed by atoms with Gasteiger partial charge < -0.3 is 0 Å². The monoisotopic (exact) mass is 248 g/mol. The molecule has 0 aliphatic heterocycles. The molecule has 1 rings (SSSR count). The van der Waals surface area contributed by atoms with Gasteiger partial charge in [0, 0.05) is 5.33 Å². The summed E-state index contributed by atoms with van der Waals surface area (Å²) in [6, 6.07) is 0. The molecule has 0 aromatic carbocycles. The van der Waals surface area contributed by atoms with Gasteiger partial charge in [-0.1, -0.05) is 27.5 Å². The van der Waals surface area contributed by atoms with Gasteiger partial charge in [-0.05, 0) is 31.4 Å². The van der Waals surface area contributed by atoms with E-state index in [4.69, 9.17) is 11.6 Å². The van der Waals surface area contributed by atoms with Crippen LogP contribution in [0.2, 0.25) is 5.15 Å². The molecule has 0 unspecified atom stereocenters. The van der Waals surface area contributed by atoms with Gasteiger partial charge in [-0.3, -0.25) is 0 Å². The Hall–Kier alpha value is -0.150. The van der Waals surface area contributed by atoms with Crippen molar-refractivity contribution in [3.63, 3.8) is 0 Å². The molecule has 0 spiro atoms. The number of rotatable bonds is 2. The van der Waals surface area contributed by atoms with Gasteiger partial charge in [0.25, 0.3) is 0 Å². The Labute approximate surface area is 85.5 Å². The first kappa shape index (κ1) is 9.93. The van der Waals surface area contributed by atoms with E-state index in [9.17, 15) is 0 Å². The van der Waals surface area contributed by atoms with Gasteiger partial charge in [-0.15, -0.1) is 5.10 Å². The Kier molecular flexibility index (Phi) is 3.47. The lowest BCUT2D eigenvalue weighted by Gasteiger charge is -2.06. The van der Waals surface area contributed by atoms with Crippen LogP contribution >= 0.6 is 27.5 Å². The number of hydrogen-bond acceptors (Lipinski definition) is 2. The van der Waals surface area contributed by atoms with Gasteiger partial charge in [0.1, 0.15) is 0 Å². The Morgan fingerprint density at radius 1 is 1.33 bits per heavy atom. The smallest absolute Gasteiger partial charge is 0.154 e. The summed E-state index contributed by atoms with van der Waals surface area (Å²) in [6.07, 6.45) is 0.904. The fourth-order valence-electron chi connectivity index (χ4n) is 1.01. The molecule has 1 heterocycles. The van der Waals surface area contributed by atoms with Crippen molar-refractivity contribution in [1.29, 1.82) is 0 Å². The number of aromatic nitrogens is 2. The topological polar surface area (TPSA) is 25.8 Å². The largest absolute Gasteiger partial charge is 0.155 e. The lowest BCUT2D eigenvalue weighted by atomic mass is 10.1. The molecule has 0 amide bonds. The van der Waals surface area contributed by atoms with Crippen LogP contribution in [0.15, 0.2) is 0 Å². The van der Waals surface area contributed by atoms with E-state index in [1.54, 1.807) is 0 Å². The van der Waals surface area contributed by atoms with Crippen LogP contribution in [0.25, 0.3) is 0 Å². The van der Waals surface area contributed by atoms with E-state index in [0.717, 1.165) is 28.6 Å². The summed E-state index contributed by atoms with van der Waals surface area (Å²) < 4.78 is 0. The standard InChI is InChI=1S/C8H10BrClN2/c1-5-6(2)11-12-8(10)7(5)3-4-9/h3-4H2,1-2H3. The first-order valence-corrected chi connectivity index (χ1v) is 5.21. The summed E-state index contributed by atoms with van der Waals surface area (Å²) in [4.78, 5) is 0. The molecule has 0 aliphatic carbocycles. The zero-order valence-electron chi connectivity index (χ0n) is 7.06. The summed E-state index contributed by atoms with van der Waals surface area (Å²) in [7, 11) is 0. The normalized spacial score (nSPS) is 10.3. The van der Waals surface area contributed by atoms with E-state index < -0.39 is 0 Å². The summed E-state index contributed by atoms with van der Waals surface area (Å²) in [5.74, 6) is 0. The highest BCUT2D eigenvalue weighted by Gasteiger charge is 2.07. The zero-order chi connectivity index (χ0) is 9.14. The molecule has 66 valence electrons. The molecule has 0 saturated carbocycles. The van der Waals surface area contributed by atoms with Crippen LogP contribution in [0, 0.1) is 13.8 Å². The summed E-state index contributed by atoms with van der Waals surface area (Å²) in [6.45, 7) is 3.96. The van der Waals surface area contributed by atoms with Gasteiger partial charge in [0.2, 0.25) is 0 Å². The molecule has 0 N–H and O–H groups in total. The molecule has 0 fully saturated rings. The highest BCUT2D eigenvalue weighted by atomic mass is 79.9. The van der Waals surface area contributed by atoms with Gasteiger partial charge >= 0.3 is 0 Å². The van der Waals surface area contributed by atoms with E-state index in [-0.39, 0.29) is 0 Å². The van der Waals surface area contributed by atoms with Crippen molar-refractivity contribution in [1.82, 2.24) is 10.2 Å². The minimum atomic E-state index is 0.526. The SMILES string of the molecule is Cc1nnc(Cl)c(CCBr)c1C. The van der Waals surface area contributed by atoms with Crippen LogP contribution in [-0.2, 0) is 6.42 Å². The van der Waals surface area contributed by atoms with Crippen molar-refractivity contribution in [2.45, 2.75) is 20.3 Å². The van der Waals surface area contributed by atoms with Crippen LogP contribution in [0.5, 0.6) is 0 Å². The molecule has 1 aromatic rings. The Balaban J connectivity index is 3.14. The van der Waals surface area contributed by atoms with Crippen LogP contribution < -0.4 is 0 Å². The van der Waals surface area contributed by atoms with Crippen molar-refractivity contribution in [3.05, 3.63) is 22.0 Å². The van der Waals surface area contributed by atoms with Crippen LogP contribution in [0.1, 0.15) is 16.8 Å². The third kappa shape index (κ3) is 1.96. The van der Waals surface area contributed by atoms with Crippen molar-refractivity contribution < 1.29 is 0 Å². The molecular formula is C8H10BrClN2. The quantitative estimate of drug-likeness (QED) is 0.753. The second kappa shape index (κ2) is 4.19. The maximum Gasteiger partial charge on any atom is 0.155 e. The second-order valence-corrected chi connectivity index (χ2v) is 3.77. The number of halogens is 2. The Morgan fingerprint density at radius 3 is 2.58 bits per heavy atom. The number of alkyl halides is 1. The van der Waals surface area contributed by atoms with Crippen molar-refractivity contribution in [2.24, 2.45) is 0 Å². The predicted octanol–water partition coefficient (Wildman–Crippen LogP) is 2.68. The summed E-state index contributed by atoms with van der Waals surface area (Å²) in [5, 5.41) is 9.20. The summed E-state index contributed by atoms with van der Waals surface area (Å²) in [5.41, 5.74) is 3.20. The van der Waals surface area contributed by atoms with Crippen LogP contribution in [0.4, 0.5) is 0 Å². The maximum absolute atomic E-state index is 5.89. The maximum atomic E-state index is 5.89. The first-order valence-electron chi connectivity index (χ1n) is 3.71. The third-order valence-corrected chi connectivity index (χ3v) is 2.58. The molecule has 0 saturated heterocycles. The first-order chi connectivity index (χ1) is 5.66. The van der Waals surface area contributed by atoms with E-state index in [2.05, 4.69) is 26.1 Å². The molecule has 4 heteroatoms. The minimum absolute atomic E-state index is 0.526. The van der Waals surface area contributed by atoms with Gasteiger partial charge in [0.15, 0.2) is 5.15 Å². The highest BCUT2D eigenvalue weighted by molar-refractivity contribution is 9.09. The second-order valence-electron chi connectivity index (χ2n) is 2.62. The fourth-order valence-corrected chi connectivity index (χ4v) is 1.68. The van der Waals surface area contributed by atoms with E-state index >= 15 is 0 Å². The molecule has 12 heavy (non-hydrogen) atoms. The van der Waals surface area contributed by atoms with Crippen molar-refractivity contribution >= 4 is 27.5 Å². The minimum Gasteiger partial charge on any atom is -0.154 e. The predicted molar refractivity (Wildman–Crippen MR) is 54.0 cm³/mol. The zero-order valence-corrected chi connectivity index (χ0v) is 9.41. The number of nitrogens with zero attached hydrogens (tertiary/aromatic N) is 2. The van der Waals surface area contributed by atoms with Crippen LogP contribution in [-0.4, -0.2) is 15.5 Å². The molecule has 0 radical (unpaired) electrons. The Bertz CT molecular complexity index is 289. The molecule has 0 atom stereocenters. The van der Waals surface area contributed by atoms with Crippen LogP contribution in [0.3, 0.4) is 0 Å². The molecule has 0 aliphatic rings. The fraction of sp³-hybridized carbons (Fsp3) is 0.500. The number of aryl methyl sites for hydroxylation is 1. The molecular weight excluding hydrogens is 239 g/mol. The third-order valence-electron chi connectivity index (χ3n) is 1.88. The van der Waals surface area contributed by atoms with E-state index in [1.807, 2.05) is 13.8 Å². The van der Waals surface area contributed by atoms with Crippen molar-refractivity contribution in [2.75, 3.05) is 5.33 Å². The number of hydrogen-bond donors (Lipinski definition) is 0. The van der Waals surface area contributed by atoms with Gasteiger partial charge in [-0.2, -0.15) is 5.10 Å². The molecule has 1 aromatic heterocycles. The average molecular weight is 250 g/mol. The molecule has 2 nitrogen and oxygen atoms in total. The van der Waals surface area contributed by atoms with E-state index in [1.165, 1.54) is 0 Å². The van der Waals surface area contributed by atoms with Gasteiger partial charge in [0.05, 0.1) is 5.69 Å².